The third-order valence-corrected chi connectivity index (χ3v) is 5.71. The van der Waals surface area contributed by atoms with E-state index in [0.717, 1.165) is 11.1 Å². The zero-order chi connectivity index (χ0) is 19.5. The summed E-state index contributed by atoms with van der Waals surface area (Å²) in [5, 5.41) is 1.45. The zero-order valence-corrected chi connectivity index (χ0v) is 15.8. The van der Waals surface area contributed by atoms with E-state index in [-0.39, 0.29) is 17.7 Å². The summed E-state index contributed by atoms with van der Waals surface area (Å²) >= 11 is 0. The average Bonchev–Trinajstić information content (AvgIpc) is 2.57. The Morgan fingerprint density at radius 1 is 1.12 bits per heavy atom. The minimum absolute atomic E-state index is 0.0979. The van der Waals surface area contributed by atoms with Crippen molar-refractivity contribution < 1.29 is 18.0 Å². The Bertz CT molecular complexity index is 939. The van der Waals surface area contributed by atoms with Crippen molar-refractivity contribution in [2.24, 2.45) is 5.73 Å². The predicted octanol–water partition coefficient (Wildman–Crippen LogP) is 1.41. The van der Waals surface area contributed by atoms with E-state index < -0.39 is 27.8 Å². The number of Topliss-reactive ketones (excluding diaryl/α,β-unsaturated/α-hetero) is 1. The van der Waals surface area contributed by atoms with Crippen molar-refractivity contribution in [1.82, 2.24) is 4.72 Å². The molecule has 0 radical (unpaired) electrons. The van der Waals surface area contributed by atoms with Gasteiger partial charge in [-0.25, -0.2) is 13.1 Å². The van der Waals surface area contributed by atoms with Gasteiger partial charge in [-0.05, 0) is 25.5 Å². The number of nitrogens with two attached hydrogens (primary N) is 1. The minimum atomic E-state index is -3.79. The molecule has 140 valence electrons. The maximum Gasteiger partial charge on any atom is 0.284 e. The lowest BCUT2D eigenvalue weighted by Gasteiger charge is -2.18. The van der Waals surface area contributed by atoms with Gasteiger partial charge in [-0.15, -0.1) is 0 Å². The van der Waals surface area contributed by atoms with Gasteiger partial charge in [-0.2, -0.15) is 0 Å². The van der Waals surface area contributed by atoms with Gasteiger partial charge >= 0.3 is 0 Å². The molecule has 0 aromatic heterocycles. The summed E-state index contributed by atoms with van der Waals surface area (Å²) in [5.74, 6) is -1.72. The number of carbonyl (C=O) groups excluding carboxylic acids is 2. The number of benzene rings is 2. The largest absolute Gasteiger partial charge is 0.377 e. The molecular weight excluding hydrogens is 354 g/mol. The number of sulfonamides is 1. The number of hydrogen-bond acceptors (Lipinski definition) is 5. The van der Waals surface area contributed by atoms with Gasteiger partial charge in [0.15, 0.2) is 0 Å². The number of fused-ring (bicyclic) bond motifs is 1. The molecule has 0 saturated heterocycles. The summed E-state index contributed by atoms with van der Waals surface area (Å²) in [6.07, 6.45) is 0.0913. The number of anilines is 1. The summed E-state index contributed by atoms with van der Waals surface area (Å²) in [4.78, 5) is 24.2. The lowest BCUT2D eigenvalue weighted by Crippen LogP contribution is -2.34. The van der Waals surface area contributed by atoms with Crippen LogP contribution in [0, 0.1) is 0 Å². The van der Waals surface area contributed by atoms with Gasteiger partial charge in [0.1, 0.15) is 0 Å². The van der Waals surface area contributed by atoms with Crippen LogP contribution in [-0.2, 0) is 19.6 Å². The lowest BCUT2D eigenvalue weighted by atomic mass is 10.1. The molecule has 0 heterocycles. The fraction of sp³-hybridized carbons (Fsp3) is 0.333. The first-order chi connectivity index (χ1) is 12.1. The highest BCUT2D eigenvalue weighted by Crippen LogP contribution is 2.30. The van der Waals surface area contributed by atoms with Crippen molar-refractivity contribution in [2.75, 3.05) is 19.0 Å². The molecule has 2 aromatic rings. The van der Waals surface area contributed by atoms with Crippen molar-refractivity contribution in [3.8, 4) is 0 Å². The van der Waals surface area contributed by atoms with E-state index in [9.17, 15) is 18.0 Å². The molecule has 2 rings (SSSR count). The van der Waals surface area contributed by atoms with Gasteiger partial charge < -0.3 is 10.6 Å². The van der Waals surface area contributed by atoms with Gasteiger partial charge in [0.25, 0.3) is 5.91 Å². The molecule has 0 spiro atoms. The monoisotopic (exact) mass is 377 g/mol. The van der Waals surface area contributed by atoms with E-state index in [1.807, 2.05) is 37.2 Å². The van der Waals surface area contributed by atoms with E-state index in [2.05, 4.69) is 4.72 Å². The second-order valence-corrected chi connectivity index (χ2v) is 8.05. The summed E-state index contributed by atoms with van der Waals surface area (Å²) < 4.78 is 28.2. The van der Waals surface area contributed by atoms with Crippen molar-refractivity contribution >= 4 is 38.2 Å². The number of rotatable bonds is 8. The van der Waals surface area contributed by atoms with E-state index >= 15 is 0 Å². The number of carbonyl (C=O) groups is 2. The van der Waals surface area contributed by atoms with Gasteiger partial charge in [0, 0.05) is 43.0 Å². The molecule has 3 N–H and O–H groups in total. The highest BCUT2D eigenvalue weighted by atomic mass is 32.2. The Morgan fingerprint density at radius 3 is 2.35 bits per heavy atom. The Balaban J connectivity index is 2.30. The summed E-state index contributed by atoms with van der Waals surface area (Å²) in [7, 11) is -0.00299. The molecule has 26 heavy (non-hydrogen) atoms. The highest BCUT2D eigenvalue weighted by Gasteiger charge is 2.21. The fourth-order valence-electron chi connectivity index (χ4n) is 2.75. The van der Waals surface area contributed by atoms with Gasteiger partial charge in [0.2, 0.25) is 15.8 Å². The van der Waals surface area contributed by atoms with Crippen molar-refractivity contribution in [2.45, 2.75) is 30.7 Å². The highest BCUT2D eigenvalue weighted by molar-refractivity contribution is 7.89. The number of ketones is 1. The minimum Gasteiger partial charge on any atom is -0.377 e. The van der Waals surface area contributed by atoms with E-state index in [0.29, 0.717) is 5.39 Å². The molecule has 0 aliphatic rings. The van der Waals surface area contributed by atoms with E-state index in [4.69, 9.17) is 5.73 Å². The molecular formula is C18H23N3O4S. The van der Waals surface area contributed by atoms with Gasteiger partial charge in [0.05, 0.1) is 4.90 Å². The van der Waals surface area contributed by atoms with Crippen LogP contribution >= 0.6 is 0 Å². The van der Waals surface area contributed by atoms with Gasteiger partial charge in [-0.1, -0.05) is 24.3 Å². The first-order valence-electron chi connectivity index (χ1n) is 8.17. The zero-order valence-electron chi connectivity index (χ0n) is 15.0. The molecule has 0 aliphatic heterocycles. The number of amides is 1. The van der Waals surface area contributed by atoms with Crippen LogP contribution in [0.5, 0.6) is 0 Å². The molecule has 8 heteroatoms. The van der Waals surface area contributed by atoms with Crippen LogP contribution in [-0.4, -0.2) is 40.2 Å². The smallest absolute Gasteiger partial charge is 0.284 e. The normalized spacial score (nSPS) is 12.7. The van der Waals surface area contributed by atoms with Gasteiger partial charge in [-0.3, -0.25) is 9.59 Å². The van der Waals surface area contributed by atoms with Crippen molar-refractivity contribution in [1.29, 1.82) is 0 Å². The van der Waals surface area contributed by atoms with Crippen LogP contribution in [0.1, 0.15) is 19.8 Å². The Labute approximate surface area is 153 Å². The molecule has 0 unspecified atom stereocenters. The second-order valence-electron chi connectivity index (χ2n) is 6.37. The first-order valence-corrected chi connectivity index (χ1v) is 9.66. The van der Waals surface area contributed by atoms with E-state index in [1.54, 1.807) is 25.1 Å². The van der Waals surface area contributed by atoms with Crippen LogP contribution in [0.15, 0.2) is 41.3 Å². The lowest BCUT2D eigenvalue weighted by molar-refractivity contribution is -0.136. The van der Waals surface area contributed by atoms with Crippen molar-refractivity contribution in [3.05, 3.63) is 36.4 Å². The van der Waals surface area contributed by atoms with Crippen LogP contribution in [0.4, 0.5) is 5.69 Å². The molecule has 2 aromatic carbocycles. The van der Waals surface area contributed by atoms with Crippen LogP contribution in [0.3, 0.4) is 0 Å². The van der Waals surface area contributed by atoms with Crippen molar-refractivity contribution in [3.63, 3.8) is 0 Å². The molecule has 1 atom stereocenters. The second kappa shape index (κ2) is 7.84. The summed E-state index contributed by atoms with van der Waals surface area (Å²) in [6, 6.07) is 10.1. The number of nitrogens with zero attached hydrogens (tertiary/aromatic N) is 1. The number of hydrogen-bond donors (Lipinski definition) is 2. The Hall–Kier alpha value is -2.45. The molecule has 0 fully saturated rings. The Morgan fingerprint density at radius 2 is 1.73 bits per heavy atom. The quantitative estimate of drug-likeness (QED) is 0.676. The molecule has 0 aliphatic carbocycles. The average molecular weight is 377 g/mol. The summed E-state index contributed by atoms with van der Waals surface area (Å²) in [5.41, 5.74) is 5.83. The maximum absolute atomic E-state index is 12.8. The Kier molecular flexibility index (Phi) is 5.99. The van der Waals surface area contributed by atoms with Crippen LogP contribution in [0.2, 0.25) is 0 Å². The van der Waals surface area contributed by atoms with Crippen LogP contribution in [0.25, 0.3) is 10.8 Å². The molecule has 1 amide bonds. The SMILES string of the molecule is C[C@H](CCC(=O)C(N)=O)NS(=O)(=O)c1cccc2c(N(C)C)cccc12. The van der Waals surface area contributed by atoms with E-state index in [1.165, 1.54) is 0 Å². The number of primary amides is 1. The third kappa shape index (κ3) is 4.39. The predicted molar refractivity (Wildman–Crippen MR) is 101 cm³/mol. The van der Waals surface area contributed by atoms with Crippen LogP contribution < -0.4 is 15.4 Å². The summed E-state index contributed by atoms with van der Waals surface area (Å²) in [6.45, 7) is 1.64. The maximum atomic E-state index is 12.8. The molecule has 0 saturated carbocycles. The number of nitrogens with one attached hydrogen (secondary N) is 1. The fourth-order valence-corrected chi connectivity index (χ4v) is 4.25. The first kappa shape index (κ1) is 19.9. The molecule has 0 bridgehead atoms. The standard InChI is InChI=1S/C18H23N3O4S/c1-12(10-11-16(22)18(19)23)20-26(24,25)17-9-5-6-13-14(17)7-4-8-15(13)21(2)3/h4-9,12,20H,10-11H2,1-3H3,(H2,19,23)/t12-/m1/s1. The topological polar surface area (TPSA) is 110 Å². The third-order valence-electron chi connectivity index (χ3n) is 4.07. The molecule has 7 nitrogen and oxygen atoms in total.